The minimum absolute atomic E-state index is 0.0597. The second kappa shape index (κ2) is 7.77. The van der Waals surface area contributed by atoms with Crippen LogP contribution in [-0.2, 0) is 6.54 Å². The van der Waals surface area contributed by atoms with Crippen LogP contribution in [0.5, 0.6) is 0 Å². The molecule has 0 aliphatic carbocycles. The summed E-state index contributed by atoms with van der Waals surface area (Å²) in [5.41, 5.74) is 1.59. The molecule has 2 aromatic heterocycles. The molecule has 8 nitrogen and oxygen atoms in total. The number of likely N-dealkylation sites (tertiary alicyclic amines) is 1. The van der Waals surface area contributed by atoms with Gasteiger partial charge in [0.1, 0.15) is 0 Å². The summed E-state index contributed by atoms with van der Waals surface area (Å²) < 4.78 is 1.99. The standard InChI is InChI=1S/C19H24N6O2/c26-18(15-4-3-7-20-12-15)21-8-5-16-13-24(14-17-6-9-22-25(16)17)19(27)23-10-1-2-11-23/h3-4,6-7,9,12,16H,1-2,5,8,10-11,13-14H2,(H,21,26). The Morgan fingerprint density at radius 1 is 1.15 bits per heavy atom. The number of hydrogen-bond acceptors (Lipinski definition) is 4. The molecule has 1 N–H and O–H groups in total. The number of nitrogens with zero attached hydrogens (tertiary/aromatic N) is 5. The normalized spacial score (nSPS) is 19.0. The van der Waals surface area contributed by atoms with Gasteiger partial charge in [0.05, 0.1) is 23.8 Å². The minimum atomic E-state index is -0.135. The van der Waals surface area contributed by atoms with E-state index in [1.54, 1.807) is 30.7 Å². The predicted molar refractivity (Wildman–Crippen MR) is 99.1 cm³/mol. The van der Waals surface area contributed by atoms with Crippen LogP contribution in [0.25, 0.3) is 0 Å². The molecule has 0 spiro atoms. The lowest BCUT2D eigenvalue weighted by molar-refractivity contribution is 0.0945. The number of nitrogens with one attached hydrogen (secondary N) is 1. The smallest absolute Gasteiger partial charge is 0.320 e. The van der Waals surface area contributed by atoms with Crippen LogP contribution in [0.1, 0.15) is 41.4 Å². The number of amides is 3. The van der Waals surface area contributed by atoms with Crippen molar-refractivity contribution in [3.05, 3.63) is 48.0 Å². The molecule has 0 radical (unpaired) electrons. The minimum Gasteiger partial charge on any atom is -0.352 e. The van der Waals surface area contributed by atoms with Gasteiger partial charge in [-0.1, -0.05) is 0 Å². The maximum atomic E-state index is 12.8. The van der Waals surface area contributed by atoms with Crippen LogP contribution in [0.2, 0.25) is 0 Å². The molecule has 4 rings (SSSR count). The molecule has 4 heterocycles. The lowest BCUT2D eigenvalue weighted by atomic mass is 10.1. The van der Waals surface area contributed by atoms with Crippen LogP contribution in [0.4, 0.5) is 4.79 Å². The third kappa shape index (κ3) is 3.79. The first-order chi connectivity index (χ1) is 13.2. The van der Waals surface area contributed by atoms with Crippen LogP contribution >= 0.6 is 0 Å². The van der Waals surface area contributed by atoms with E-state index >= 15 is 0 Å². The largest absolute Gasteiger partial charge is 0.352 e. The van der Waals surface area contributed by atoms with E-state index in [4.69, 9.17) is 0 Å². The molecule has 2 aromatic rings. The Labute approximate surface area is 158 Å². The van der Waals surface area contributed by atoms with Gasteiger partial charge >= 0.3 is 6.03 Å². The molecule has 0 saturated carbocycles. The zero-order chi connectivity index (χ0) is 18.6. The number of urea groups is 1. The second-order valence-electron chi connectivity index (χ2n) is 7.06. The summed E-state index contributed by atoms with van der Waals surface area (Å²) in [6.07, 6.45) is 7.86. The second-order valence-corrected chi connectivity index (χ2v) is 7.06. The van der Waals surface area contributed by atoms with E-state index in [1.807, 2.05) is 20.5 Å². The fraction of sp³-hybridized carbons (Fsp3) is 0.474. The van der Waals surface area contributed by atoms with Gasteiger partial charge in [0, 0.05) is 44.8 Å². The summed E-state index contributed by atoms with van der Waals surface area (Å²) >= 11 is 0. The van der Waals surface area contributed by atoms with E-state index < -0.39 is 0 Å². The molecule has 1 fully saturated rings. The molecule has 1 saturated heterocycles. The maximum Gasteiger partial charge on any atom is 0.320 e. The van der Waals surface area contributed by atoms with Crippen LogP contribution in [0.15, 0.2) is 36.8 Å². The van der Waals surface area contributed by atoms with E-state index in [1.165, 1.54) is 0 Å². The molecule has 1 atom stereocenters. The van der Waals surface area contributed by atoms with Gasteiger partial charge in [-0.25, -0.2) is 4.79 Å². The average molecular weight is 368 g/mol. The van der Waals surface area contributed by atoms with E-state index in [0.29, 0.717) is 31.6 Å². The lowest BCUT2D eigenvalue weighted by Gasteiger charge is -2.36. The zero-order valence-electron chi connectivity index (χ0n) is 15.3. The van der Waals surface area contributed by atoms with Gasteiger partial charge in [-0.15, -0.1) is 0 Å². The molecule has 2 aliphatic heterocycles. The average Bonchev–Trinajstić information content (AvgIpc) is 3.39. The van der Waals surface area contributed by atoms with Gasteiger partial charge in [0.2, 0.25) is 0 Å². The lowest BCUT2D eigenvalue weighted by Crippen LogP contribution is -2.47. The molecule has 1 unspecified atom stereocenters. The number of fused-ring (bicyclic) bond motifs is 1. The highest BCUT2D eigenvalue weighted by Crippen LogP contribution is 2.24. The molecule has 142 valence electrons. The fourth-order valence-corrected chi connectivity index (χ4v) is 3.81. The van der Waals surface area contributed by atoms with Crippen LogP contribution in [-0.4, -0.2) is 62.7 Å². The molecule has 2 aliphatic rings. The van der Waals surface area contributed by atoms with Crippen molar-refractivity contribution < 1.29 is 9.59 Å². The Morgan fingerprint density at radius 2 is 2.00 bits per heavy atom. The van der Waals surface area contributed by atoms with Crippen LogP contribution in [0.3, 0.4) is 0 Å². The SMILES string of the molecule is O=C(NCCC1CN(C(=O)N2CCCC2)Cc2ccnn21)c1cccnc1. The number of hydrogen-bond donors (Lipinski definition) is 1. The summed E-state index contributed by atoms with van der Waals surface area (Å²) in [4.78, 5) is 32.8. The third-order valence-electron chi connectivity index (χ3n) is 5.22. The Morgan fingerprint density at radius 3 is 2.78 bits per heavy atom. The first-order valence-corrected chi connectivity index (χ1v) is 9.47. The number of rotatable bonds is 4. The topological polar surface area (TPSA) is 83.4 Å². The van der Waals surface area contributed by atoms with E-state index in [-0.39, 0.29) is 18.0 Å². The first-order valence-electron chi connectivity index (χ1n) is 9.47. The van der Waals surface area contributed by atoms with E-state index in [0.717, 1.165) is 31.6 Å². The van der Waals surface area contributed by atoms with Crippen molar-refractivity contribution in [3.8, 4) is 0 Å². The number of carbonyl (C=O) groups is 2. The Bertz CT molecular complexity index is 800. The summed E-state index contributed by atoms with van der Waals surface area (Å²) in [6, 6.07) is 5.62. The van der Waals surface area contributed by atoms with Crippen molar-refractivity contribution in [1.29, 1.82) is 0 Å². The van der Waals surface area contributed by atoms with Gasteiger partial charge in [-0.2, -0.15) is 5.10 Å². The Hall–Kier alpha value is -2.90. The van der Waals surface area contributed by atoms with Crippen LogP contribution in [0, 0.1) is 0 Å². The maximum absolute atomic E-state index is 12.8. The van der Waals surface area contributed by atoms with Crippen LogP contribution < -0.4 is 5.32 Å². The quantitative estimate of drug-likeness (QED) is 0.890. The van der Waals surface area contributed by atoms with Crippen molar-refractivity contribution in [2.45, 2.75) is 31.8 Å². The van der Waals surface area contributed by atoms with Gasteiger partial charge < -0.3 is 15.1 Å². The Kier molecular flexibility index (Phi) is 5.04. The van der Waals surface area contributed by atoms with Crippen molar-refractivity contribution in [3.63, 3.8) is 0 Å². The molecular weight excluding hydrogens is 344 g/mol. The summed E-state index contributed by atoms with van der Waals surface area (Å²) in [6.45, 7) is 3.42. The number of carbonyl (C=O) groups excluding carboxylic acids is 2. The summed E-state index contributed by atoms with van der Waals surface area (Å²) in [5.74, 6) is -0.135. The van der Waals surface area contributed by atoms with Gasteiger partial charge in [0.15, 0.2) is 0 Å². The van der Waals surface area contributed by atoms with Gasteiger partial charge in [0.25, 0.3) is 5.91 Å². The molecule has 0 aromatic carbocycles. The highest BCUT2D eigenvalue weighted by molar-refractivity contribution is 5.93. The molecule has 27 heavy (non-hydrogen) atoms. The van der Waals surface area contributed by atoms with Gasteiger partial charge in [-0.3, -0.25) is 14.5 Å². The van der Waals surface area contributed by atoms with Crippen molar-refractivity contribution in [1.82, 2.24) is 29.9 Å². The van der Waals surface area contributed by atoms with Gasteiger partial charge in [-0.05, 0) is 37.5 Å². The van der Waals surface area contributed by atoms with Crippen molar-refractivity contribution >= 4 is 11.9 Å². The highest BCUT2D eigenvalue weighted by atomic mass is 16.2. The third-order valence-corrected chi connectivity index (χ3v) is 5.22. The monoisotopic (exact) mass is 368 g/mol. The molecule has 0 bridgehead atoms. The Balaban J connectivity index is 1.38. The van der Waals surface area contributed by atoms with E-state index in [2.05, 4.69) is 15.4 Å². The molecule has 8 heteroatoms. The van der Waals surface area contributed by atoms with Crippen molar-refractivity contribution in [2.75, 3.05) is 26.2 Å². The number of pyridine rings is 1. The first kappa shape index (κ1) is 17.5. The highest BCUT2D eigenvalue weighted by Gasteiger charge is 2.31. The summed E-state index contributed by atoms with van der Waals surface area (Å²) in [7, 11) is 0. The number of aromatic nitrogens is 3. The predicted octanol–water partition coefficient (Wildman–Crippen LogP) is 1.67. The van der Waals surface area contributed by atoms with E-state index in [9.17, 15) is 9.59 Å². The summed E-state index contributed by atoms with van der Waals surface area (Å²) in [5, 5.41) is 7.36. The fourth-order valence-electron chi connectivity index (χ4n) is 3.81. The van der Waals surface area contributed by atoms with Crippen molar-refractivity contribution in [2.24, 2.45) is 0 Å². The molecule has 3 amide bonds. The molecular formula is C19H24N6O2. The zero-order valence-corrected chi connectivity index (χ0v) is 15.3.